The summed E-state index contributed by atoms with van der Waals surface area (Å²) in [5, 5.41) is 28.8. The summed E-state index contributed by atoms with van der Waals surface area (Å²) in [6, 6.07) is -5.53. The van der Waals surface area contributed by atoms with E-state index in [4.69, 9.17) is 10.5 Å². The Labute approximate surface area is 207 Å². The molecule has 0 aromatic rings. The Bertz CT molecular complexity index is 780. The van der Waals surface area contributed by atoms with E-state index in [1.54, 1.807) is 0 Å². The number of nitrogens with two attached hydrogens (primary N) is 1. The predicted octanol–water partition coefficient (Wildman–Crippen LogP) is -5.35. The second-order valence-corrected chi connectivity index (χ2v) is 7.45. The number of nitrogens with zero attached hydrogens (tertiary/aromatic N) is 1. The molecular weight excluding hydrogens is 486 g/mol. The molecule has 0 bridgehead atoms. The van der Waals surface area contributed by atoms with Crippen LogP contribution in [0.1, 0.15) is 13.3 Å². The molecular formula is C19H35N7O10. The van der Waals surface area contributed by atoms with Gasteiger partial charge in [-0.2, -0.15) is 0 Å². The van der Waals surface area contributed by atoms with Gasteiger partial charge < -0.3 is 46.7 Å². The Morgan fingerprint density at radius 3 is 2.11 bits per heavy atom. The van der Waals surface area contributed by atoms with Crippen molar-refractivity contribution >= 4 is 35.6 Å². The molecule has 0 radical (unpaired) electrons. The summed E-state index contributed by atoms with van der Waals surface area (Å²) in [6.45, 7) is 0.359. The molecule has 0 spiro atoms. The Hall–Kier alpha value is -3.54. The first-order chi connectivity index (χ1) is 16.9. The van der Waals surface area contributed by atoms with E-state index in [9.17, 15) is 39.0 Å². The molecule has 36 heavy (non-hydrogen) atoms. The number of primary amides is 1. The predicted molar refractivity (Wildman–Crippen MR) is 121 cm³/mol. The van der Waals surface area contributed by atoms with Crippen molar-refractivity contribution in [3.63, 3.8) is 0 Å². The summed E-state index contributed by atoms with van der Waals surface area (Å²) in [4.78, 5) is 72.7. The SMILES string of the molecule is COCCNC(=O)[C@@H](NC(=O)N[C@@H](CC(N)=O)C(=O)N(C)NC(=O)[C@H](CO)NC(=O)COC)C(C)O. The molecule has 206 valence electrons. The fourth-order valence-electron chi connectivity index (χ4n) is 2.63. The summed E-state index contributed by atoms with van der Waals surface area (Å²) in [5.41, 5.74) is 7.25. The third kappa shape index (κ3) is 12.2. The Kier molecular flexibility index (Phi) is 15.3. The first-order valence-electron chi connectivity index (χ1n) is 10.6. The summed E-state index contributed by atoms with van der Waals surface area (Å²) >= 11 is 0. The number of hydrogen-bond donors (Lipinski definition) is 8. The Morgan fingerprint density at radius 2 is 1.61 bits per heavy atom. The molecule has 0 rings (SSSR count). The van der Waals surface area contributed by atoms with Crippen LogP contribution in [0.2, 0.25) is 0 Å². The molecule has 0 aliphatic carbocycles. The van der Waals surface area contributed by atoms with Crippen LogP contribution in [0, 0.1) is 0 Å². The van der Waals surface area contributed by atoms with E-state index in [-0.39, 0.29) is 19.8 Å². The van der Waals surface area contributed by atoms with Gasteiger partial charge in [0, 0.05) is 27.8 Å². The maximum atomic E-state index is 12.8. The van der Waals surface area contributed by atoms with Crippen LogP contribution in [0.3, 0.4) is 0 Å². The standard InChI is InChI=1S/C19H35N7O10/c1-10(28)15(17(32)21-5-6-35-3)24-19(34)23-11(7-13(20)29)18(33)26(2)25-16(31)12(8-27)22-14(30)9-36-4/h10-12,15,27-28H,5-9H2,1-4H3,(H2,20,29)(H,21,32)(H,22,30)(H,25,31)(H2,23,24,34)/t10?,11-,12-,15-/m0/s1. The highest BCUT2D eigenvalue weighted by atomic mass is 16.5. The third-order valence-corrected chi connectivity index (χ3v) is 4.38. The van der Waals surface area contributed by atoms with Gasteiger partial charge in [0.05, 0.1) is 25.7 Å². The van der Waals surface area contributed by atoms with Crippen molar-refractivity contribution in [2.75, 3.05) is 47.6 Å². The highest BCUT2D eigenvalue weighted by molar-refractivity contribution is 5.94. The number of likely N-dealkylation sites (N-methyl/N-ethyl adjacent to an activating group) is 1. The Morgan fingerprint density at radius 1 is 0.972 bits per heavy atom. The largest absolute Gasteiger partial charge is 0.394 e. The lowest BCUT2D eigenvalue weighted by atomic mass is 10.1. The van der Waals surface area contributed by atoms with Gasteiger partial charge in [-0.25, -0.2) is 4.79 Å². The molecule has 0 fully saturated rings. The quantitative estimate of drug-likeness (QED) is 0.0750. The van der Waals surface area contributed by atoms with E-state index in [2.05, 4.69) is 31.4 Å². The topological polar surface area (TPSA) is 251 Å². The molecule has 0 aliphatic rings. The van der Waals surface area contributed by atoms with Crippen LogP contribution in [0.4, 0.5) is 4.79 Å². The molecule has 0 aromatic carbocycles. The molecule has 1 unspecified atom stereocenters. The minimum Gasteiger partial charge on any atom is -0.394 e. The smallest absolute Gasteiger partial charge is 0.316 e. The molecule has 17 heteroatoms. The lowest BCUT2D eigenvalue weighted by Gasteiger charge is -2.27. The number of methoxy groups -OCH3 is 2. The van der Waals surface area contributed by atoms with Crippen molar-refractivity contribution in [1.29, 1.82) is 0 Å². The van der Waals surface area contributed by atoms with Gasteiger partial charge in [0.2, 0.25) is 17.7 Å². The maximum absolute atomic E-state index is 12.8. The number of rotatable bonds is 15. The number of aliphatic hydroxyl groups is 2. The van der Waals surface area contributed by atoms with Crippen LogP contribution in [0.5, 0.6) is 0 Å². The number of urea groups is 1. The number of carbonyl (C=O) groups is 6. The second kappa shape index (κ2) is 17.0. The number of amides is 7. The first-order valence-corrected chi connectivity index (χ1v) is 10.6. The van der Waals surface area contributed by atoms with Gasteiger partial charge in [0.1, 0.15) is 24.7 Å². The number of nitrogens with one attached hydrogen (secondary N) is 5. The van der Waals surface area contributed by atoms with Gasteiger partial charge >= 0.3 is 6.03 Å². The number of aliphatic hydroxyl groups excluding tert-OH is 2. The fourth-order valence-corrected chi connectivity index (χ4v) is 2.63. The van der Waals surface area contributed by atoms with Crippen LogP contribution in [0.25, 0.3) is 0 Å². The van der Waals surface area contributed by atoms with Crippen LogP contribution in [-0.4, -0.2) is 123 Å². The van der Waals surface area contributed by atoms with Gasteiger partial charge in [-0.1, -0.05) is 0 Å². The summed E-state index contributed by atoms with van der Waals surface area (Å²) in [7, 11) is 3.75. The van der Waals surface area contributed by atoms with Gasteiger partial charge in [0.25, 0.3) is 11.8 Å². The first kappa shape index (κ1) is 32.5. The maximum Gasteiger partial charge on any atom is 0.316 e. The average Bonchev–Trinajstić information content (AvgIpc) is 2.79. The number of hydrazine groups is 1. The van der Waals surface area contributed by atoms with Crippen molar-refractivity contribution in [2.24, 2.45) is 5.73 Å². The average molecular weight is 522 g/mol. The van der Waals surface area contributed by atoms with Gasteiger partial charge in [-0.05, 0) is 6.92 Å². The van der Waals surface area contributed by atoms with E-state index in [1.165, 1.54) is 21.1 Å². The van der Waals surface area contributed by atoms with E-state index < -0.39 is 72.8 Å². The minimum atomic E-state index is -1.59. The zero-order chi connectivity index (χ0) is 27.8. The number of ether oxygens (including phenoxy) is 2. The minimum absolute atomic E-state index is 0.107. The van der Waals surface area contributed by atoms with Crippen LogP contribution < -0.4 is 32.4 Å². The highest BCUT2D eigenvalue weighted by Crippen LogP contribution is 1.99. The van der Waals surface area contributed by atoms with E-state index in [1.807, 2.05) is 0 Å². The normalized spacial score (nSPS) is 13.8. The highest BCUT2D eigenvalue weighted by Gasteiger charge is 2.31. The molecule has 0 saturated carbocycles. The van der Waals surface area contributed by atoms with Gasteiger partial charge in [-0.15, -0.1) is 0 Å². The lowest BCUT2D eigenvalue weighted by Crippen LogP contribution is -2.61. The monoisotopic (exact) mass is 521 g/mol. The molecule has 0 saturated heterocycles. The Balaban J connectivity index is 5.29. The fraction of sp³-hybridized carbons (Fsp3) is 0.684. The second-order valence-electron chi connectivity index (χ2n) is 7.45. The van der Waals surface area contributed by atoms with Crippen molar-refractivity contribution < 1.29 is 48.5 Å². The van der Waals surface area contributed by atoms with Crippen molar-refractivity contribution in [2.45, 2.75) is 37.6 Å². The van der Waals surface area contributed by atoms with E-state index in [0.717, 1.165) is 7.05 Å². The molecule has 4 atom stereocenters. The molecule has 9 N–H and O–H groups in total. The summed E-state index contributed by atoms with van der Waals surface area (Å²) in [5.74, 6) is -4.40. The van der Waals surface area contributed by atoms with Crippen molar-refractivity contribution in [3.05, 3.63) is 0 Å². The van der Waals surface area contributed by atoms with Crippen molar-refractivity contribution in [1.82, 2.24) is 31.7 Å². The van der Waals surface area contributed by atoms with E-state index in [0.29, 0.717) is 5.01 Å². The molecule has 0 aliphatic heterocycles. The molecule has 0 heterocycles. The summed E-state index contributed by atoms with van der Waals surface area (Å²) < 4.78 is 9.41. The number of carbonyl (C=O) groups excluding carboxylic acids is 6. The molecule has 7 amide bonds. The van der Waals surface area contributed by atoms with Gasteiger partial charge in [-0.3, -0.25) is 34.4 Å². The van der Waals surface area contributed by atoms with E-state index >= 15 is 0 Å². The third-order valence-electron chi connectivity index (χ3n) is 4.38. The summed E-state index contributed by atoms with van der Waals surface area (Å²) in [6.07, 6.45) is -2.01. The zero-order valence-electron chi connectivity index (χ0n) is 20.5. The van der Waals surface area contributed by atoms with Crippen LogP contribution in [0.15, 0.2) is 0 Å². The lowest BCUT2D eigenvalue weighted by molar-refractivity contribution is -0.144. The van der Waals surface area contributed by atoms with Crippen molar-refractivity contribution in [3.8, 4) is 0 Å². The number of hydrogen-bond acceptors (Lipinski definition) is 10. The molecule has 17 nitrogen and oxygen atoms in total. The molecule has 0 aromatic heterocycles. The van der Waals surface area contributed by atoms with Crippen LogP contribution >= 0.6 is 0 Å². The van der Waals surface area contributed by atoms with Gasteiger partial charge in [0.15, 0.2) is 0 Å². The zero-order valence-corrected chi connectivity index (χ0v) is 20.5. The van der Waals surface area contributed by atoms with Crippen LogP contribution in [-0.2, 0) is 33.4 Å².